The summed E-state index contributed by atoms with van der Waals surface area (Å²) in [4.78, 5) is 16.8. The standard InChI is InChI=1S/C14H25N3O/c1-3-17(12-4-5-12)14(18)9-16-8-11-6-15-7-13(11)10(16)2/h10-13,15H,3-9H2,1-2H3. The largest absolute Gasteiger partial charge is 0.339 e. The number of nitrogens with one attached hydrogen (secondary N) is 1. The smallest absolute Gasteiger partial charge is 0.236 e. The molecule has 0 bridgehead atoms. The van der Waals surface area contributed by atoms with Crippen LogP contribution >= 0.6 is 0 Å². The Morgan fingerprint density at radius 1 is 1.39 bits per heavy atom. The molecule has 18 heavy (non-hydrogen) atoms. The second-order valence-corrected chi connectivity index (χ2v) is 6.16. The maximum Gasteiger partial charge on any atom is 0.236 e. The summed E-state index contributed by atoms with van der Waals surface area (Å²) in [5, 5.41) is 3.47. The van der Waals surface area contributed by atoms with E-state index in [2.05, 4.69) is 29.0 Å². The lowest BCUT2D eigenvalue weighted by molar-refractivity contribution is -0.133. The first-order valence-electron chi connectivity index (χ1n) is 7.45. The Morgan fingerprint density at radius 2 is 2.17 bits per heavy atom. The first-order valence-corrected chi connectivity index (χ1v) is 7.45. The molecule has 0 aromatic heterocycles. The highest BCUT2D eigenvalue weighted by molar-refractivity contribution is 5.79. The molecule has 3 rings (SSSR count). The monoisotopic (exact) mass is 251 g/mol. The second kappa shape index (κ2) is 4.82. The van der Waals surface area contributed by atoms with E-state index >= 15 is 0 Å². The van der Waals surface area contributed by atoms with Crippen molar-refractivity contribution in [3.8, 4) is 0 Å². The summed E-state index contributed by atoms with van der Waals surface area (Å²) in [6.45, 7) is 9.28. The van der Waals surface area contributed by atoms with Crippen LogP contribution in [0.5, 0.6) is 0 Å². The highest BCUT2D eigenvalue weighted by Crippen LogP contribution is 2.32. The van der Waals surface area contributed by atoms with Gasteiger partial charge in [0.25, 0.3) is 0 Å². The van der Waals surface area contributed by atoms with Gasteiger partial charge >= 0.3 is 0 Å². The van der Waals surface area contributed by atoms with E-state index in [1.807, 2.05) is 0 Å². The molecule has 2 heterocycles. The number of nitrogens with zero attached hydrogens (tertiary/aromatic N) is 2. The van der Waals surface area contributed by atoms with Gasteiger partial charge in [0.2, 0.25) is 5.91 Å². The van der Waals surface area contributed by atoms with Crippen LogP contribution in [-0.4, -0.2) is 60.5 Å². The summed E-state index contributed by atoms with van der Waals surface area (Å²) in [7, 11) is 0. The van der Waals surface area contributed by atoms with Gasteiger partial charge in [0.05, 0.1) is 6.54 Å². The lowest BCUT2D eigenvalue weighted by atomic mass is 9.95. The van der Waals surface area contributed by atoms with Crippen molar-refractivity contribution in [2.24, 2.45) is 11.8 Å². The molecule has 1 N–H and O–H groups in total. The van der Waals surface area contributed by atoms with E-state index in [9.17, 15) is 4.79 Å². The van der Waals surface area contributed by atoms with Crippen molar-refractivity contribution in [3.63, 3.8) is 0 Å². The number of hydrogen-bond acceptors (Lipinski definition) is 3. The van der Waals surface area contributed by atoms with Crippen molar-refractivity contribution in [3.05, 3.63) is 0 Å². The number of carbonyl (C=O) groups is 1. The first kappa shape index (κ1) is 12.4. The molecule has 3 atom stereocenters. The molecule has 2 saturated heterocycles. The van der Waals surface area contributed by atoms with Crippen LogP contribution in [-0.2, 0) is 4.79 Å². The van der Waals surface area contributed by atoms with E-state index in [4.69, 9.17) is 0 Å². The molecule has 0 radical (unpaired) electrons. The number of likely N-dealkylation sites (tertiary alicyclic amines) is 1. The van der Waals surface area contributed by atoms with Crippen LogP contribution in [0, 0.1) is 11.8 Å². The Morgan fingerprint density at radius 3 is 2.78 bits per heavy atom. The molecule has 4 heteroatoms. The van der Waals surface area contributed by atoms with Gasteiger partial charge in [-0.2, -0.15) is 0 Å². The van der Waals surface area contributed by atoms with E-state index in [1.165, 1.54) is 12.8 Å². The van der Waals surface area contributed by atoms with Crippen LogP contribution in [0.15, 0.2) is 0 Å². The van der Waals surface area contributed by atoms with Crippen LogP contribution in [0.2, 0.25) is 0 Å². The Labute approximate surface area is 110 Å². The molecule has 3 fully saturated rings. The lowest BCUT2D eigenvalue weighted by Crippen LogP contribution is -2.44. The minimum atomic E-state index is 0.347. The fourth-order valence-corrected chi connectivity index (χ4v) is 3.75. The molecule has 1 saturated carbocycles. The third-order valence-electron chi connectivity index (χ3n) is 5.04. The highest BCUT2D eigenvalue weighted by atomic mass is 16.2. The van der Waals surface area contributed by atoms with E-state index in [-0.39, 0.29) is 0 Å². The Balaban J connectivity index is 1.57. The van der Waals surface area contributed by atoms with Crippen LogP contribution in [0.4, 0.5) is 0 Å². The summed E-state index contributed by atoms with van der Waals surface area (Å²) in [6.07, 6.45) is 2.43. The quantitative estimate of drug-likeness (QED) is 0.792. The number of amides is 1. The molecule has 3 aliphatic rings. The average Bonchev–Trinajstić information content (AvgIpc) is 2.99. The molecule has 0 aromatic rings. The molecule has 2 aliphatic heterocycles. The Hall–Kier alpha value is -0.610. The number of fused-ring (bicyclic) bond motifs is 1. The minimum Gasteiger partial charge on any atom is -0.339 e. The van der Waals surface area contributed by atoms with Gasteiger partial charge in [-0.25, -0.2) is 0 Å². The van der Waals surface area contributed by atoms with E-state index < -0.39 is 0 Å². The van der Waals surface area contributed by atoms with E-state index in [1.54, 1.807) is 0 Å². The molecule has 0 spiro atoms. The molecular weight excluding hydrogens is 226 g/mol. The number of rotatable bonds is 4. The molecule has 102 valence electrons. The lowest BCUT2D eigenvalue weighted by Gasteiger charge is -2.27. The van der Waals surface area contributed by atoms with Gasteiger partial charge in [-0.1, -0.05) is 0 Å². The van der Waals surface area contributed by atoms with Crippen LogP contribution in [0.3, 0.4) is 0 Å². The summed E-state index contributed by atoms with van der Waals surface area (Å²) in [5.74, 6) is 1.87. The van der Waals surface area contributed by atoms with Gasteiger partial charge in [-0.3, -0.25) is 9.69 Å². The first-order chi connectivity index (χ1) is 8.70. The fourth-order valence-electron chi connectivity index (χ4n) is 3.75. The fraction of sp³-hybridized carbons (Fsp3) is 0.929. The number of carbonyl (C=O) groups excluding carboxylic acids is 1. The zero-order valence-corrected chi connectivity index (χ0v) is 11.6. The van der Waals surface area contributed by atoms with Gasteiger partial charge in [-0.15, -0.1) is 0 Å². The van der Waals surface area contributed by atoms with Crippen molar-refractivity contribution in [1.82, 2.24) is 15.1 Å². The normalized spacial score (nSPS) is 35.8. The summed E-state index contributed by atoms with van der Waals surface area (Å²) < 4.78 is 0. The predicted octanol–water partition coefficient (Wildman–Crippen LogP) is 0.537. The second-order valence-electron chi connectivity index (χ2n) is 6.16. The average molecular weight is 251 g/mol. The van der Waals surface area contributed by atoms with Crippen molar-refractivity contribution in [2.45, 2.75) is 38.8 Å². The predicted molar refractivity (Wildman–Crippen MR) is 71.3 cm³/mol. The highest BCUT2D eigenvalue weighted by Gasteiger charge is 2.43. The number of hydrogen-bond donors (Lipinski definition) is 1. The van der Waals surface area contributed by atoms with Crippen molar-refractivity contribution < 1.29 is 4.79 Å². The van der Waals surface area contributed by atoms with Crippen molar-refractivity contribution >= 4 is 5.91 Å². The third kappa shape index (κ3) is 2.16. The maximum absolute atomic E-state index is 12.3. The molecule has 0 aromatic carbocycles. The molecule has 4 nitrogen and oxygen atoms in total. The van der Waals surface area contributed by atoms with Crippen molar-refractivity contribution in [1.29, 1.82) is 0 Å². The molecule has 3 unspecified atom stereocenters. The zero-order chi connectivity index (χ0) is 12.7. The van der Waals surface area contributed by atoms with Gasteiger partial charge in [0.1, 0.15) is 0 Å². The van der Waals surface area contributed by atoms with E-state index in [0.717, 1.165) is 38.0 Å². The third-order valence-corrected chi connectivity index (χ3v) is 5.04. The Bertz CT molecular complexity index is 329. The molecule has 1 amide bonds. The van der Waals surface area contributed by atoms with Crippen LogP contribution in [0.25, 0.3) is 0 Å². The van der Waals surface area contributed by atoms with Gasteiger partial charge in [-0.05, 0) is 51.6 Å². The van der Waals surface area contributed by atoms with Crippen LogP contribution < -0.4 is 5.32 Å². The summed E-state index contributed by atoms with van der Waals surface area (Å²) >= 11 is 0. The summed E-state index contributed by atoms with van der Waals surface area (Å²) in [6, 6.07) is 1.12. The minimum absolute atomic E-state index is 0.347. The van der Waals surface area contributed by atoms with Gasteiger partial charge in [0, 0.05) is 25.2 Å². The van der Waals surface area contributed by atoms with Gasteiger partial charge < -0.3 is 10.2 Å². The Kier molecular flexibility index (Phi) is 3.32. The SMILES string of the molecule is CCN(C(=O)CN1CC2CNCC2C1C)C1CC1. The van der Waals surface area contributed by atoms with Crippen LogP contribution in [0.1, 0.15) is 26.7 Å². The van der Waals surface area contributed by atoms with Crippen molar-refractivity contribution in [2.75, 3.05) is 32.7 Å². The topological polar surface area (TPSA) is 35.6 Å². The maximum atomic E-state index is 12.3. The van der Waals surface area contributed by atoms with Gasteiger partial charge in [0.15, 0.2) is 0 Å². The van der Waals surface area contributed by atoms with E-state index in [0.29, 0.717) is 24.5 Å². The summed E-state index contributed by atoms with van der Waals surface area (Å²) in [5.41, 5.74) is 0. The molecular formula is C14H25N3O. The molecule has 1 aliphatic carbocycles. The number of likely N-dealkylation sites (N-methyl/N-ethyl adjacent to an activating group) is 1. The zero-order valence-electron chi connectivity index (χ0n) is 11.6.